The van der Waals surface area contributed by atoms with Crippen molar-refractivity contribution in [3.8, 4) is 17.6 Å². The largest absolute Gasteiger partial charge is 0.494 e. The van der Waals surface area contributed by atoms with Crippen LogP contribution in [0.25, 0.3) is 0 Å². The fourth-order valence-electron chi connectivity index (χ4n) is 2.87. The molecule has 0 aromatic heterocycles. The molecular formula is C26H25N3O3. The first-order valence-corrected chi connectivity index (χ1v) is 10.6. The Kier molecular flexibility index (Phi) is 8.52. The van der Waals surface area contributed by atoms with Crippen molar-refractivity contribution >= 4 is 17.3 Å². The molecule has 0 aliphatic rings. The van der Waals surface area contributed by atoms with E-state index in [0.717, 1.165) is 18.6 Å². The van der Waals surface area contributed by atoms with Gasteiger partial charge in [-0.25, -0.2) is 4.79 Å². The highest BCUT2D eigenvalue weighted by atomic mass is 16.5. The predicted octanol–water partition coefficient (Wildman–Crippen LogP) is 7.15. The van der Waals surface area contributed by atoms with Crippen LogP contribution in [0.1, 0.15) is 48.5 Å². The minimum Gasteiger partial charge on any atom is -0.494 e. The molecule has 6 heteroatoms. The monoisotopic (exact) mass is 427 g/mol. The summed E-state index contributed by atoms with van der Waals surface area (Å²) in [5.74, 6) is 0.727. The summed E-state index contributed by atoms with van der Waals surface area (Å²) in [6.07, 6.45) is 4.61. The van der Waals surface area contributed by atoms with E-state index in [1.807, 2.05) is 0 Å². The van der Waals surface area contributed by atoms with Gasteiger partial charge in [0.15, 0.2) is 0 Å². The van der Waals surface area contributed by atoms with Crippen LogP contribution in [-0.2, 0) is 0 Å². The molecule has 6 nitrogen and oxygen atoms in total. The molecule has 0 saturated heterocycles. The second kappa shape index (κ2) is 12.0. The highest BCUT2D eigenvalue weighted by Gasteiger charge is 2.09. The summed E-state index contributed by atoms with van der Waals surface area (Å²) < 4.78 is 11.1. The molecule has 3 rings (SSSR count). The van der Waals surface area contributed by atoms with Crippen LogP contribution in [0.15, 0.2) is 83.0 Å². The van der Waals surface area contributed by atoms with Gasteiger partial charge in [0.25, 0.3) is 0 Å². The summed E-state index contributed by atoms with van der Waals surface area (Å²) in [5, 5.41) is 17.1. The molecular weight excluding hydrogens is 402 g/mol. The van der Waals surface area contributed by atoms with E-state index in [2.05, 4.69) is 23.2 Å². The number of nitriles is 1. The average Bonchev–Trinajstić information content (AvgIpc) is 2.84. The third-order valence-corrected chi connectivity index (χ3v) is 4.68. The number of benzene rings is 3. The minimum atomic E-state index is -0.438. The zero-order chi connectivity index (χ0) is 22.6. The number of carbonyl (C=O) groups is 1. The first-order chi connectivity index (χ1) is 15.7. The Hall–Kier alpha value is -3.98. The Morgan fingerprint density at radius 2 is 1.41 bits per heavy atom. The molecule has 3 aromatic carbocycles. The number of esters is 1. The molecule has 3 aromatic rings. The molecule has 0 fully saturated rings. The van der Waals surface area contributed by atoms with Crippen molar-refractivity contribution in [1.82, 2.24) is 0 Å². The second-order valence-electron chi connectivity index (χ2n) is 7.18. The molecule has 0 aliphatic heterocycles. The number of rotatable bonds is 10. The lowest BCUT2D eigenvalue weighted by Crippen LogP contribution is -2.08. The normalized spacial score (nSPS) is 10.6. The number of hydrogen-bond donors (Lipinski definition) is 0. The Labute approximate surface area is 188 Å². The number of nitrogens with zero attached hydrogens (tertiary/aromatic N) is 3. The highest BCUT2D eigenvalue weighted by molar-refractivity contribution is 5.91. The Morgan fingerprint density at radius 1 is 0.812 bits per heavy atom. The van der Waals surface area contributed by atoms with Crippen molar-refractivity contribution in [1.29, 1.82) is 5.26 Å². The van der Waals surface area contributed by atoms with Gasteiger partial charge in [0, 0.05) is 0 Å². The molecule has 162 valence electrons. The molecule has 0 amide bonds. The Bertz CT molecular complexity index is 1070. The Morgan fingerprint density at radius 3 is 2.00 bits per heavy atom. The lowest BCUT2D eigenvalue weighted by atomic mass is 10.2. The van der Waals surface area contributed by atoms with E-state index in [-0.39, 0.29) is 0 Å². The standard InChI is InChI=1S/C26H25N3O3/c1-2-3-4-5-18-31-24-14-8-21(9-15-24)26(30)32-25-16-12-23(13-17-25)29-28-22-10-6-20(19-27)7-11-22/h6-17H,2-5,18H2,1H3. The van der Waals surface area contributed by atoms with Gasteiger partial charge >= 0.3 is 5.97 Å². The summed E-state index contributed by atoms with van der Waals surface area (Å²) in [6, 6.07) is 22.6. The van der Waals surface area contributed by atoms with E-state index in [1.165, 1.54) is 12.8 Å². The fourth-order valence-corrected chi connectivity index (χ4v) is 2.87. The molecule has 0 heterocycles. The second-order valence-corrected chi connectivity index (χ2v) is 7.18. The molecule has 0 spiro atoms. The maximum Gasteiger partial charge on any atom is 0.343 e. The summed E-state index contributed by atoms with van der Waals surface area (Å²) in [5.41, 5.74) is 2.29. The lowest BCUT2D eigenvalue weighted by Gasteiger charge is -2.07. The number of ether oxygens (including phenoxy) is 2. The van der Waals surface area contributed by atoms with Crippen LogP contribution in [0.5, 0.6) is 11.5 Å². The fraction of sp³-hybridized carbons (Fsp3) is 0.231. The van der Waals surface area contributed by atoms with E-state index in [9.17, 15) is 4.79 Å². The van der Waals surface area contributed by atoms with Gasteiger partial charge in [0.05, 0.1) is 35.2 Å². The van der Waals surface area contributed by atoms with Gasteiger partial charge in [-0.15, -0.1) is 0 Å². The highest BCUT2D eigenvalue weighted by Crippen LogP contribution is 2.22. The maximum atomic E-state index is 12.4. The zero-order valence-electron chi connectivity index (χ0n) is 18.0. The molecule has 32 heavy (non-hydrogen) atoms. The number of hydrogen-bond acceptors (Lipinski definition) is 6. The van der Waals surface area contributed by atoms with Crippen LogP contribution in [0.4, 0.5) is 11.4 Å². The number of carbonyl (C=O) groups excluding carboxylic acids is 1. The van der Waals surface area contributed by atoms with E-state index >= 15 is 0 Å². The minimum absolute atomic E-state index is 0.420. The summed E-state index contributed by atoms with van der Waals surface area (Å²) in [6.45, 7) is 2.86. The van der Waals surface area contributed by atoms with Gasteiger partial charge in [-0.3, -0.25) is 0 Å². The van der Waals surface area contributed by atoms with Crippen LogP contribution in [0.3, 0.4) is 0 Å². The van der Waals surface area contributed by atoms with Gasteiger partial charge in [0.1, 0.15) is 11.5 Å². The van der Waals surface area contributed by atoms with Crippen molar-refractivity contribution in [3.05, 3.63) is 83.9 Å². The maximum absolute atomic E-state index is 12.4. The van der Waals surface area contributed by atoms with Gasteiger partial charge in [-0.05, 0) is 79.2 Å². The van der Waals surface area contributed by atoms with Gasteiger partial charge in [0.2, 0.25) is 0 Å². The molecule has 0 radical (unpaired) electrons. The number of unbranched alkanes of at least 4 members (excludes halogenated alkanes) is 3. The van der Waals surface area contributed by atoms with Crippen molar-refractivity contribution in [2.75, 3.05) is 6.61 Å². The topological polar surface area (TPSA) is 84.0 Å². The summed E-state index contributed by atoms with van der Waals surface area (Å²) >= 11 is 0. The molecule has 0 bridgehead atoms. The van der Waals surface area contributed by atoms with Crippen molar-refractivity contribution < 1.29 is 14.3 Å². The molecule has 0 unspecified atom stereocenters. The van der Waals surface area contributed by atoms with Gasteiger partial charge in [-0.1, -0.05) is 26.2 Å². The molecule has 0 atom stereocenters. The van der Waals surface area contributed by atoms with Crippen LogP contribution >= 0.6 is 0 Å². The van der Waals surface area contributed by atoms with Crippen LogP contribution in [0.2, 0.25) is 0 Å². The SMILES string of the molecule is CCCCCCOc1ccc(C(=O)Oc2ccc(N=Nc3ccc(C#N)cc3)cc2)cc1. The summed E-state index contributed by atoms with van der Waals surface area (Å²) in [4.78, 5) is 12.4. The number of azo groups is 1. The molecule has 0 aliphatic carbocycles. The predicted molar refractivity (Wildman–Crippen MR) is 123 cm³/mol. The van der Waals surface area contributed by atoms with Crippen LogP contribution in [-0.4, -0.2) is 12.6 Å². The van der Waals surface area contributed by atoms with Gasteiger partial charge in [-0.2, -0.15) is 15.5 Å². The average molecular weight is 428 g/mol. The third kappa shape index (κ3) is 7.06. The lowest BCUT2D eigenvalue weighted by molar-refractivity contribution is 0.0734. The third-order valence-electron chi connectivity index (χ3n) is 4.68. The van der Waals surface area contributed by atoms with E-state index in [0.29, 0.717) is 34.9 Å². The van der Waals surface area contributed by atoms with Crippen LogP contribution < -0.4 is 9.47 Å². The van der Waals surface area contributed by atoms with Crippen molar-refractivity contribution in [2.45, 2.75) is 32.6 Å². The van der Waals surface area contributed by atoms with Gasteiger partial charge < -0.3 is 9.47 Å². The molecule has 0 N–H and O–H groups in total. The van der Waals surface area contributed by atoms with Crippen molar-refractivity contribution in [3.63, 3.8) is 0 Å². The first kappa shape index (κ1) is 22.7. The molecule has 0 saturated carbocycles. The smallest absolute Gasteiger partial charge is 0.343 e. The summed E-state index contributed by atoms with van der Waals surface area (Å²) in [7, 11) is 0. The first-order valence-electron chi connectivity index (χ1n) is 10.6. The van der Waals surface area contributed by atoms with E-state index in [1.54, 1.807) is 72.8 Å². The quantitative estimate of drug-likeness (QED) is 0.149. The van der Waals surface area contributed by atoms with Crippen LogP contribution in [0, 0.1) is 11.3 Å². The Balaban J connectivity index is 1.50. The van der Waals surface area contributed by atoms with E-state index < -0.39 is 5.97 Å². The zero-order valence-corrected chi connectivity index (χ0v) is 18.0. The van der Waals surface area contributed by atoms with Crippen molar-refractivity contribution in [2.24, 2.45) is 10.2 Å². The van der Waals surface area contributed by atoms with E-state index in [4.69, 9.17) is 14.7 Å².